The minimum absolute atomic E-state index is 0.245. The van der Waals surface area contributed by atoms with E-state index in [-0.39, 0.29) is 6.61 Å². The van der Waals surface area contributed by atoms with Crippen molar-refractivity contribution >= 4 is 5.82 Å². The lowest BCUT2D eigenvalue weighted by Gasteiger charge is -2.10. The van der Waals surface area contributed by atoms with Crippen molar-refractivity contribution in [1.82, 2.24) is 4.98 Å². The van der Waals surface area contributed by atoms with Gasteiger partial charge in [0.15, 0.2) is 0 Å². The molecular formula is C10H16N2O. The van der Waals surface area contributed by atoms with Crippen LogP contribution < -0.4 is 4.90 Å². The third-order valence-corrected chi connectivity index (χ3v) is 1.89. The van der Waals surface area contributed by atoms with Crippen LogP contribution in [0.15, 0.2) is 18.3 Å². The molecule has 72 valence electrons. The number of rotatable bonds is 4. The predicted octanol–water partition coefficient (Wildman–Crippen LogP) is 1.07. The Balaban J connectivity index is 2.59. The SMILES string of the molecule is CN(C)c1ccc(CCCO)cn1. The molecule has 1 aromatic heterocycles. The third-order valence-electron chi connectivity index (χ3n) is 1.89. The summed E-state index contributed by atoms with van der Waals surface area (Å²) in [5, 5.41) is 8.64. The molecule has 0 unspecified atom stereocenters. The van der Waals surface area contributed by atoms with E-state index in [4.69, 9.17) is 5.11 Å². The van der Waals surface area contributed by atoms with E-state index in [1.54, 1.807) is 0 Å². The van der Waals surface area contributed by atoms with Crippen LogP contribution in [-0.4, -0.2) is 30.8 Å². The molecule has 0 bridgehead atoms. The fourth-order valence-electron chi connectivity index (χ4n) is 1.11. The van der Waals surface area contributed by atoms with Gasteiger partial charge in [-0.25, -0.2) is 4.98 Å². The fourth-order valence-corrected chi connectivity index (χ4v) is 1.11. The number of aromatic nitrogens is 1. The van der Waals surface area contributed by atoms with Crippen LogP contribution in [0.25, 0.3) is 0 Å². The van der Waals surface area contributed by atoms with Crippen LogP contribution in [0.5, 0.6) is 0 Å². The Kier molecular flexibility index (Phi) is 3.71. The fraction of sp³-hybridized carbons (Fsp3) is 0.500. The standard InChI is InChI=1S/C10H16N2O/c1-12(2)10-6-5-9(8-11-10)4-3-7-13/h5-6,8,13H,3-4,7H2,1-2H3. The summed E-state index contributed by atoms with van der Waals surface area (Å²) in [4.78, 5) is 6.24. The molecule has 0 aromatic carbocycles. The van der Waals surface area contributed by atoms with E-state index in [9.17, 15) is 0 Å². The lowest BCUT2D eigenvalue weighted by Crippen LogP contribution is -2.10. The zero-order valence-corrected chi connectivity index (χ0v) is 8.20. The number of pyridine rings is 1. The van der Waals surface area contributed by atoms with E-state index in [1.165, 1.54) is 5.56 Å². The summed E-state index contributed by atoms with van der Waals surface area (Å²) in [6.07, 6.45) is 3.57. The maximum atomic E-state index is 8.64. The van der Waals surface area contributed by atoms with Gasteiger partial charge in [-0.1, -0.05) is 6.07 Å². The van der Waals surface area contributed by atoms with Crippen molar-refractivity contribution in [1.29, 1.82) is 0 Å². The van der Waals surface area contributed by atoms with Crippen LogP contribution in [0.1, 0.15) is 12.0 Å². The quantitative estimate of drug-likeness (QED) is 0.753. The Morgan fingerprint density at radius 1 is 1.38 bits per heavy atom. The predicted molar refractivity (Wildman–Crippen MR) is 54.0 cm³/mol. The van der Waals surface area contributed by atoms with Crippen molar-refractivity contribution < 1.29 is 5.11 Å². The van der Waals surface area contributed by atoms with E-state index < -0.39 is 0 Å². The summed E-state index contributed by atoms with van der Waals surface area (Å²) < 4.78 is 0. The van der Waals surface area contributed by atoms with E-state index in [0.29, 0.717) is 0 Å². The van der Waals surface area contributed by atoms with Gasteiger partial charge in [0.05, 0.1) is 0 Å². The summed E-state index contributed by atoms with van der Waals surface area (Å²) in [6, 6.07) is 4.05. The van der Waals surface area contributed by atoms with E-state index >= 15 is 0 Å². The summed E-state index contributed by atoms with van der Waals surface area (Å²) in [5.74, 6) is 0.966. The first-order chi connectivity index (χ1) is 6.24. The van der Waals surface area contributed by atoms with Crippen LogP contribution in [0.4, 0.5) is 5.82 Å². The number of hydrogen-bond donors (Lipinski definition) is 1. The molecule has 0 spiro atoms. The first-order valence-electron chi connectivity index (χ1n) is 4.47. The minimum Gasteiger partial charge on any atom is -0.396 e. The molecule has 0 aliphatic rings. The van der Waals surface area contributed by atoms with Crippen molar-refractivity contribution in [2.45, 2.75) is 12.8 Å². The average molecular weight is 180 g/mol. The van der Waals surface area contributed by atoms with Gasteiger partial charge in [-0.05, 0) is 24.5 Å². The number of aliphatic hydroxyl groups is 1. The molecule has 3 heteroatoms. The molecule has 0 amide bonds. The van der Waals surface area contributed by atoms with Crippen molar-refractivity contribution in [3.63, 3.8) is 0 Å². The molecule has 3 nitrogen and oxygen atoms in total. The van der Waals surface area contributed by atoms with Gasteiger partial charge in [-0.15, -0.1) is 0 Å². The van der Waals surface area contributed by atoms with Crippen LogP contribution >= 0.6 is 0 Å². The lowest BCUT2D eigenvalue weighted by molar-refractivity contribution is 0.288. The highest BCUT2D eigenvalue weighted by Gasteiger charge is 1.96. The highest BCUT2D eigenvalue weighted by molar-refractivity contribution is 5.37. The van der Waals surface area contributed by atoms with Crippen molar-refractivity contribution in [2.75, 3.05) is 25.6 Å². The number of aliphatic hydroxyl groups excluding tert-OH is 1. The molecule has 1 aromatic rings. The Labute approximate surface area is 79.0 Å². The molecule has 0 aliphatic heterocycles. The van der Waals surface area contributed by atoms with Crippen molar-refractivity contribution in [3.05, 3.63) is 23.9 Å². The van der Waals surface area contributed by atoms with Crippen molar-refractivity contribution in [2.24, 2.45) is 0 Å². The third kappa shape index (κ3) is 3.03. The van der Waals surface area contributed by atoms with Gasteiger partial charge in [0.1, 0.15) is 5.82 Å². The molecule has 0 radical (unpaired) electrons. The van der Waals surface area contributed by atoms with Gasteiger partial charge in [-0.2, -0.15) is 0 Å². The summed E-state index contributed by atoms with van der Waals surface area (Å²) in [6.45, 7) is 0.245. The zero-order valence-electron chi connectivity index (χ0n) is 8.20. The van der Waals surface area contributed by atoms with Gasteiger partial charge in [0.2, 0.25) is 0 Å². The lowest BCUT2D eigenvalue weighted by atomic mass is 10.2. The van der Waals surface area contributed by atoms with Crippen LogP contribution in [0.3, 0.4) is 0 Å². The molecule has 0 atom stereocenters. The number of nitrogens with zero attached hydrogens (tertiary/aromatic N) is 2. The number of aryl methyl sites for hydroxylation is 1. The van der Waals surface area contributed by atoms with Crippen LogP contribution in [-0.2, 0) is 6.42 Å². The molecule has 0 aliphatic carbocycles. The zero-order chi connectivity index (χ0) is 9.68. The van der Waals surface area contributed by atoms with Gasteiger partial charge in [0, 0.05) is 26.9 Å². The highest BCUT2D eigenvalue weighted by Crippen LogP contribution is 2.08. The van der Waals surface area contributed by atoms with Gasteiger partial charge in [0.25, 0.3) is 0 Å². The molecule has 0 saturated carbocycles. The maximum Gasteiger partial charge on any atom is 0.127 e. The summed E-state index contributed by atoms with van der Waals surface area (Å²) in [7, 11) is 3.94. The largest absolute Gasteiger partial charge is 0.396 e. The Morgan fingerprint density at radius 2 is 2.15 bits per heavy atom. The molecule has 1 rings (SSSR count). The Morgan fingerprint density at radius 3 is 2.62 bits per heavy atom. The molecule has 0 saturated heterocycles. The molecular weight excluding hydrogens is 164 g/mol. The second kappa shape index (κ2) is 4.82. The van der Waals surface area contributed by atoms with Crippen LogP contribution in [0, 0.1) is 0 Å². The normalized spacial score (nSPS) is 10.1. The number of anilines is 1. The maximum absolute atomic E-state index is 8.64. The Bertz CT molecular complexity index is 244. The molecule has 1 N–H and O–H groups in total. The van der Waals surface area contributed by atoms with Crippen molar-refractivity contribution in [3.8, 4) is 0 Å². The topological polar surface area (TPSA) is 36.4 Å². The second-order valence-corrected chi connectivity index (χ2v) is 3.25. The smallest absolute Gasteiger partial charge is 0.127 e. The summed E-state index contributed by atoms with van der Waals surface area (Å²) in [5.41, 5.74) is 1.18. The van der Waals surface area contributed by atoms with E-state index in [2.05, 4.69) is 11.1 Å². The van der Waals surface area contributed by atoms with E-state index in [0.717, 1.165) is 18.7 Å². The van der Waals surface area contributed by atoms with Gasteiger partial charge in [-0.3, -0.25) is 0 Å². The molecule has 13 heavy (non-hydrogen) atoms. The van der Waals surface area contributed by atoms with Gasteiger partial charge >= 0.3 is 0 Å². The molecule has 0 fully saturated rings. The first-order valence-corrected chi connectivity index (χ1v) is 4.47. The van der Waals surface area contributed by atoms with E-state index in [1.807, 2.05) is 31.3 Å². The second-order valence-electron chi connectivity index (χ2n) is 3.25. The monoisotopic (exact) mass is 180 g/mol. The highest BCUT2D eigenvalue weighted by atomic mass is 16.2. The molecule has 1 heterocycles. The number of hydrogen-bond acceptors (Lipinski definition) is 3. The Hall–Kier alpha value is -1.09. The first kappa shape index (κ1) is 9.99. The van der Waals surface area contributed by atoms with Gasteiger partial charge < -0.3 is 10.0 Å². The van der Waals surface area contributed by atoms with Crippen LogP contribution in [0.2, 0.25) is 0 Å². The average Bonchev–Trinajstić information content (AvgIpc) is 2.15. The summed E-state index contributed by atoms with van der Waals surface area (Å²) >= 11 is 0. The minimum atomic E-state index is 0.245.